The van der Waals surface area contributed by atoms with Crippen molar-refractivity contribution in [2.75, 3.05) is 7.11 Å². The minimum Gasteiger partial charge on any atom is -0.496 e. The lowest BCUT2D eigenvalue weighted by atomic mass is 10.00. The van der Waals surface area contributed by atoms with Crippen LogP contribution in [0.2, 0.25) is 0 Å². The second-order valence-corrected chi connectivity index (χ2v) is 4.69. The van der Waals surface area contributed by atoms with Crippen molar-refractivity contribution in [3.05, 3.63) is 26.7 Å². The van der Waals surface area contributed by atoms with E-state index in [1.54, 1.807) is 7.11 Å². The number of halogens is 2. The summed E-state index contributed by atoms with van der Waals surface area (Å²) in [5.74, 6) is 1.00. The van der Waals surface area contributed by atoms with E-state index in [0.29, 0.717) is 0 Å². The van der Waals surface area contributed by atoms with Crippen molar-refractivity contribution in [1.29, 1.82) is 0 Å². The lowest BCUT2D eigenvalue weighted by Gasteiger charge is -2.17. The summed E-state index contributed by atoms with van der Waals surface area (Å²) in [5.41, 5.74) is 4.94. The molecule has 0 atom stereocenters. The van der Waals surface area contributed by atoms with Crippen molar-refractivity contribution >= 4 is 31.9 Å². The standard InChI is InChI=1S/C11H14Br2O/c1-6-7(2)11(14-4)9(5-12)8(3)10(6)13/h5H2,1-4H3. The second-order valence-electron chi connectivity index (χ2n) is 3.33. The van der Waals surface area contributed by atoms with Gasteiger partial charge in [0.25, 0.3) is 0 Å². The third-order valence-electron chi connectivity index (χ3n) is 2.63. The Morgan fingerprint density at radius 2 is 1.64 bits per heavy atom. The molecule has 1 nitrogen and oxygen atoms in total. The summed E-state index contributed by atoms with van der Waals surface area (Å²) >= 11 is 7.10. The van der Waals surface area contributed by atoms with Crippen molar-refractivity contribution in [3.8, 4) is 5.75 Å². The van der Waals surface area contributed by atoms with Crippen molar-refractivity contribution in [1.82, 2.24) is 0 Å². The number of hydrogen-bond acceptors (Lipinski definition) is 1. The molecule has 0 fully saturated rings. The molecule has 0 radical (unpaired) electrons. The highest BCUT2D eigenvalue weighted by atomic mass is 79.9. The van der Waals surface area contributed by atoms with Crippen molar-refractivity contribution in [2.24, 2.45) is 0 Å². The van der Waals surface area contributed by atoms with E-state index in [2.05, 4.69) is 52.6 Å². The maximum atomic E-state index is 5.43. The molecule has 1 aromatic rings. The van der Waals surface area contributed by atoms with E-state index in [0.717, 1.165) is 11.1 Å². The van der Waals surface area contributed by atoms with E-state index in [9.17, 15) is 0 Å². The average Bonchev–Trinajstić information content (AvgIpc) is 2.20. The van der Waals surface area contributed by atoms with Gasteiger partial charge in [-0.1, -0.05) is 31.9 Å². The monoisotopic (exact) mass is 320 g/mol. The van der Waals surface area contributed by atoms with Crippen molar-refractivity contribution in [3.63, 3.8) is 0 Å². The predicted octanol–water partition coefficient (Wildman–Crippen LogP) is 4.28. The van der Waals surface area contributed by atoms with Gasteiger partial charge in [0.15, 0.2) is 0 Å². The molecule has 1 rings (SSSR count). The Labute approximate surface area is 102 Å². The number of methoxy groups -OCH3 is 1. The van der Waals surface area contributed by atoms with Crippen LogP contribution < -0.4 is 4.74 Å². The zero-order valence-electron chi connectivity index (χ0n) is 8.87. The summed E-state index contributed by atoms with van der Waals surface area (Å²) in [6.07, 6.45) is 0. The average molecular weight is 322 g/mol. The Balaban J connectivity index is 3.57. The molecule has 78 valence electrons. The van der Waals surface area contributed by atoms with Crippen LogP contribution in [0.25, 0.3) is 0 Å². The molecule has 0 N–H and O–H groups in total. The number of ether oxygens (including phenoxy) is 1. The highest BCUT2D eigenvalue weighted by molar-refractivity contribution is 9.10. The van der Waals surface area contributed by atoms with E-state index in [4.69, 9.17) is 4.74 Å². The highest BCUT2D eigenvalue weighted by Crippen LogP contribution is 2.36. The Kier molecular flexibility index (Phi) is 4.02. The molecule has 0 saturated heterocycles. The fourth-order valence-electron chi connectivity index (χ4n) is 1.58. The van der Waals surface area contributed by atoms with Crippen LogP contribution in [0.4, 0.5) is 0 Å². The topological polar surface area (TPSA) is 9.23 Å². The molecule has 1 aromatic carbocycles. The summed E-state index contributed by atoms with van der Waals surface area (Å²) in [7, 11) is 1.72. The molecule has 3 heteroatoms. The Morgan fingerprint density at radius 1 is 1.07 bits per heavy atom. The van der Waals surface area contributed by atoms with Crippen LogP contribution in [0, 0.1) is 20.8 Å². The van der Waals surface area contributed by atoms with Crippen molar-refractivity contribution in [2.45, 2.75) is 26.1 Å². The molecule has 0 bridgehead atoms. The van der Waals surface area contributed by atoms with Crippen molar-refractivity contribution < 1.29 is 4.74 Å². The van der Waals surface area contributed by atoms with Gasteiger partial charge in [0.2, 0.25) is 0 Å². The Morgan fingerprint density at radius 3 is 2.07 bits per heavy atom. The summed E-state index contributed by atoms with van der Waals surface area (Å²) in [5, 5.41) is 0.821. The lowest BCUT2D eigenvalue weighted by molar-refractivity contribution is 0.407. The number of alkyl halides is 1. The first-order valence-corrected chi connectivity index (χ1v) is 6.34. The van der Waals surface area contributed by atoms with Gasteiger partial charge in [-0.2, -0.15) is 0 Å². The van der Waals surface area contributed by atoms with Crippen LogP contribution in [0.3, 0.4) is 0 Å². The number of hydrogen-bond donors (Lipinski definition) is 0. The third kappa shape index (κ3) is 1.84. The first kappa shape index (κ1) is 12.1. The predicted molar refractivity (Wildman–Crippen MR) is 67.5 cm³/mol. The van der Waals surface area contributed by atoms with Crippen LogP contribution >= 0.6 is 31.9 Å². The maximum absolute atomic E-state index is 5.43. The molecule has 0 spiro atoms. The summed E-state index contributed by atoms with van der Waals surface area (Å²) in [6, 6.07) is 0. The highest BCUT2D eigenvalue weighted by Gasteiger charge is 2.15. The summed E-state index contributed by atoms with van der Waals surface area (Å²) in [6.45, 7) is 6.30. The number of rotatable bonds is 2. The third-order valence-corrected chi connectivity index (χ3v) is 4.38. The normalized spacial score (nSPS) is 10.4. The molecular formula is C11H14Br2O. The van der Waals surface area contributed by atoms with Gasteiger partial charge in [0.1, 0.15) is 5.75 Å². The van der Waals surface area contributed by atoms with Gasteiger partial charge in [-0.05, 0) is 37.5 Å². The molecule has 0 aromatic heterocycles. The summed E-state index contributed by atoms with van der Waals surface area (Å²) < 4.78 is 6.62. The van der Waals surface area contributed by atoms with Gasteiger partial charge < -0.3 is 4.74 Å². The maximum Gasteiger partial charge on any atom is 0.126 e. The molecule has 0 amide bonds. The van der Waals surface area contributed by atoms with Gasteiger partial charge in [-0.25, -0.2) is 0 Å². The Bertz CT molecular complexity index is 324. The van der Waals surface area contributed by atoms with Crippen LogP contribution in [0.15, 0.2) is 4.47 Å². The van der Waals surface area contributed by atoms with Gasteiger partial charge in [-0.15, -0.1) is 0 Å². The van der Waals surface area contributed by atoms with Gasteiger partial charge in [0, 0.05) is 15.4 Å². The van der Waals surface area contributed by atoms with Gasteiger partial charge in [-0.3, -0.25) is 0 Å². The smallest absolute Gasteiger partial charge is 0.126 e. The molecule has 0 aliphatic carbocycles. The minimum absolute atomic E-state index is 0.821. The zero-order valence-corrected chi connectivity index (χ0v) is 12.0. The number of benzene rings is 1. The van der Waals surface area contributed by atoms with E-state index < -0.39 is 0 Å². The SMILES string of the molecule is COc1c(C)c(C)c(Br)c(C)c1CBr. The second kappa shape index (κ2) is 4.67. The first-order chi connectivity index (χ1) is 6.54. The molecule has 0 aliphatic rings. The summed E-state index contributed by atoms with van der Waals surface area (Å²) in [4.78, 5) is 0. The van der Waals surface area contributed by atoms with E-state index in [1.165, 1.54) is 26.7 Å². The lowest BCUT2D eigenvalue weighted by Crippen LogP contribution is -2.00. The zero-order chi connectivity index (χ0) is 10.9. The minimum atomic E-state index is 0.821. The molecule has 14 heavy (non-hydrogen) atoms. The fourth-order valence-corrected chi connectivity index (χ4v) is 2.79. The van der Waals surface area contributed by atoms with Gasteiger partial charge >= 0.3 is 0 Å². The molecule has 0 heterocycles. The van der Waals surface area contributed by atoms with E-state index >= 15 is 0 Å². The van der Waals surface area contributed by atoms with E-state index in [1.807, 2.05) is 0 Å². The van der Waals surface area contributed by atoms with Gasteiger partial charge in [0.05, 0.1) is 7.11 Å². The molecule has 0 unspecified atom stereocenters. The quantitative estimate of drug-likeness (QED) is 0.739. The first-order valence-electron chi connectivity index (χ1n) is 4.42. The molecular weight excluding hydrogens is 308 g/mol. The van der Waals surface area contributed by atoms with Crippen LogP contribution in [0.1, 0.15) is 22.3 Å². The Hall–Kier alpha value is -0.0200. The van der Waals surface area contributed by atoms with Crippen LogP contribution in [-0.2, 0) is 5.33 Å². The fraction of sp³-hybridized carbons (Fsp3) is 0.455. The van der Waals surface area contributed by atoms with Crippen LogP contribution in [0.5, 0.6) is 5.75 Å². The van der Waals surface area contributed by atoms with Crippen LogP contribution in [-0.4, -0.2) is 7.11 Å². The molecule has 0 saturated carbocycles. The molecule has 0 aliphatic heterocycles. The van der Waals surface area contributed by atoms with E-state index in [-0.39, 0.29) is 0 Å². The largest absolute Gasteiger partial charge is 0.496 e.